The Hall–Kier alpha value is -2.60. The van der Waals surface area contributed by atoms with Gasteiger partial charge in [0.1, 0.15) is 5.82 Å². The highest BCUT2D eigenvalue weighted by Gasteiger charge is 2.16. The first kappa shape index (κ1) is 21.1. The number of nitrogens with one attached hydrogen (secondary N) is 1. The summed E-state index contributed by atoms with van der Waals surface area (Å²) in [5.74, 6) is 1.49. The van der Waals surface area contributed by atoms with Gasteiger partial charge in [-0.1, -0.05) is 39.0 Å². The molecule has 29 heavy (non-hydrogen) atoms. The number of rotatable bonds is 7. The summed E-state index contributed by atoms with van der Waals surface area (Å²) in [5.41, 5.74) is 11.0. The van der Waals surface area contributed by atoms with Gasteiger partial charge in [0.25, 0.3) is 0 Å². The first-order valence-electron chi connectivity index (χ1n) is 10.7. The Bertz CT molecular complexity index is 802. The largest absolute Gasteiger partial charge is 0.370 e. The van der Waals surface area contributed by atoms with Crippen molar-refractivity contribution in [1.82, 2.24) is 9.88 Å². The molecule has 2 aromatic rings. The summed E-state index contributed by atoms with van der Waals surface area (Å²) in [6, 6.07) is 10.5. The number of aliphatic imine (C=N–C) groups is 1. The number of benzene rings is 1. The van der Waals surface area contributed by atoms with E-state index < -0.39 is 0 Å². The molecular weight excluding hydrogens is 360 g/mol. The van der Waals surface area contributed by atoms with E-state index >= 15 is 0 Å². The number of nitrogens with two attached hydrogens (primary N) is 1. The van der Waals surface area contributed by atoms with Crippen molar-refractivity contribution in [2.24, 2.45) is 10.7 Å². The van der Waals surface area contributed by atoms with Crippen LogP contribution >= 0.6 is 0 Å². The molecule has 0 radical (unpaired) electrons. The Morgan fingerprint density at radius 2 is 1.76 bits per heavy atom. The lowest BCUT2D eigenvalue weighted by molar-refractivity contribution is 0.270. The van der Waals surface area contributed by atoms with E-state index in [1.165, 1.54) is 11.1 Å². The molecule has 1 aromatic carbocycles. The Kier molecular flexibility index (Phi) is 7.47. The van der Waals surface area contributed by atoms with Crippen LogP contribution in [0.2, 0.25) is 0 Å². The predicted molar refractivity (Wildman–Crippen MR) is 123 cm³/mol. The van der Waals surface area contributed by atoms with E-state index in [0.29, 0.717) is 12.5 Å². The lowest BCUT2D eigenvalue weighted by Crippen LogP contribution is -2.46. The van der Waals surface area contributed by atoms with E-state index in [1.54, 1.807) is 0 Å². The second-order valence-corrected chi connectivity index (χ2v) is 7.43. The number of nitrogens with zero attached hydrogens (tertiary/aromatic N) is 4. The fourth-order valence-corrected chi connectivity index (χ4v) is 3.77. The van der Waals surface area contributed by atoms with Crippen LogP contribution in [-0.2, 0) is 19.4 Å². The maximum atomic E-state index is 6.22. The topological polar surface area (TPSA) is 69.8 Å². The van der Waals surface area contributed by atoms with Crippen molar-refractivity contribution in [2.45, 2.75) is 40.2 Å². The number of piperazine rings is 1. The molecule has 0 saturated carbocycles. The third-order valence-electron chi connectivity index (χ3n) is 5.64. The number of anilines is 2. The number of aromatic nitrogens is 1. The van der Waals surface area contributed by atoms with Gasteiger partial charge in [0.15, 0.2) is 5.96 Å². The van der Waals surface area contributed by atoms with Gasteiger partial charge < -0.3 is 20.9 Å². The first-order chi connectivity index (χ1) is 14.1. The molecule has 1 fully saturated rings. The number of aryl methyl sites for hydroxylation is 2. The van der Waals surface area contributed by atoms with Crippen LogP contribution in [-0.4, -0.2) is 48.6 Å². The minimum atomic E-state index is 0.454. The first-order valence-corrected chi connectivity index (χ1v) is 10.7. The molecule has 6 nitrogen and oxygen atoms in total. The number of pyridine rings is 1. The maximum Gasteiger partial charge on any atom is 0.193 e. The molecule has 0 amide bonds. The smallest absolute Gasteiger partial charge is 0.193 e. The van der Waals surface area contributed by atoms with Crippen molar-refractivity contribution in [3.63, 3.8) is 0 Å². The summed E-state index contributed by atoms with van der Waals surface area (Å²) in [7, 11) is 0. The lowest BCUT2D eigenvalue weighted by Gasteiger charge is -2.34. The monoisotopic (exact) mass is 394 g/mol. The Morgan fingerprint density at radius 1 is 1.07 bits per heavy atom. The maximum absolute atomic E-state index is 6.22. The van der Waals surface area contributed by atoms with Crippen LogP contribution in [0.5, 0.6) is 0 Å². The zero-order valence-electron chi connectivity index (χ0n) is 18.0. The number of hydrogen-bond donors (Lipinski definition) is 2. The summed E-state index contributed by atoms with van der Waals surface area (Å²) >= 11 is 0. The highest BCUT2D eigenvalue weighted by molar-refractivity contribution is 5.93. The molecule has 156 valence electrons. The Labute approximate surface area is 174 Å². The average Bonchev–Trinajstić information content (AvgIpc) is 2.78. The molecule has 3 rings (SSSR count). The zero-order valence-corrected chi connectivity index (χ0v) is 18.0. The molecule has 1 aliphatic heterocycles. The molecule has 3 N–H and O–H groups in total. The van der Waals surface area contributed by atoms with Gasteiger partial charge in [-0.2, -0.15) is 0 Å². The van der Waals surface area contributed by atoms with Crippen LogP contribution in [0.4, 0.5) is 11.5 Å². The van der Waals surface area contributed by atoms with Crippen molar-refractivity contribution in [1.29, 1.82) is 0 Å². The molecule has 0 unspecified atom stereocenters. The predicted octanol–water partition coefficient (Wildman–Crippen LogP) is 3.28. The van der Waals surface area contributed by atoms with Gasteiger partial charge in [-0.3, -0.25) is 0 Å². The standard InChI is InChI=1S/C23H34N6/c1-4-19-8-7-9-20(5-2)22(19)27-23(24)26-17-18-10-11-25-21(16-18)29-14-12-28(6-3)13-15-29/h7-11,16H,4-6,12-15,17H2,1-3H3,(H3,24,26,27). The summed E-state index contributed by atoms with van der Waals surface area (Å²) in [6.07, 6.45) is 3.79. The number of guanidine groups is 1. The van der Waals surface area contributed by atoms with E-state index in [2.05, 4.69) is 70.1 Å². The minimum Gasteiger partial charge on any atom is -0.370 e. The average molecular weight is 395 g/mol. The molecule has 0 spiro atoms. The Balaban J connectivity index is 1.66. The normalized spacial score (nSPS) is 15.6. The van der Waals surface area contributed by atoms with Gasteiger partial charge in [-0.25, -0.2) is 9.98 Å². The van der Waals surface area contributed by atoms with Gasteiger partial charge >= 0.3 is 0 Å². The van der Waals surface area contributed by atoms with Crippen molar-refractivity contribution < 1.29 is 0 Å². The third-order valence-corrected chi connectivity index (χ3v) is 5.64. The van der Waals surface area contributed by atoms with Crippen LogP contribution in [0.15, 0.2) is 41.5 Å². The van der Waals surface area contributed by atoms with Crippen molar-refractivity contribution >= 4 is 17.5 Å². The van der Waals surface area contributed by atoms with E-state index in [4.69, 9.17) is 5.73 Å². The Morgan fingerprint density at radius 3 is 2.38 bits per heavy atom. The molecule has 1 aromatic heterocycles. The van der Waals surface area contributed by atoms with Gasteiger partial charge in [-0.15, -0.1) is 0 Å². The molecular formula is C23H34N6. The molecule has 1 aliphatic rings. The summed E-state index contributed by atoms with van der Waals surface area (Å²) in [5, 5.41) is 3.34. The quantitative estimate of drug-likeness (QED) is 0.557. The zero-order chi connectivity index (χ0) is 20.6. The van der Waals surface area contributed by atoms with Gasteiger partial charge in [0.2, 0.25) is 0 Å². The SMILES string of the molecule is CCc1cccc(CC)c1NC(N)=NCc1ccnc(N2CCN(CC)CC2)c1. The third kappa shape index (κ3) is 5.48. The van der Waals surface area contributed by atoms with Crippen LogP contribution in [0, 0.1) is 0 Å². The van der Waals surface area contributed by atoms with Gasteiger partial charge in [0, 0.05) is 38.1 Å². The van der Waals surface area contributed by atoms with Crippen molar-refractivity contribution in [3.8, 4) is 0 Å². The number of likely N-dealkylation sites (N-methyl/N-ethyl adjacent to an activating group) is 1. The molecule has 1 saturated heterocycles. The van der Waals surface area contributed by atoms with Crippen LogP contribution < -0.4 is 16.0 Å². The minimum absolute atomic E-state index is 0.454. The molecule has 0 bridgehead atoms. The fraction of sp³-hybridized carbons (Fsp3) is 0.478. The van der Waals surface area contributed by atoms with Gasteiger partial charge in [-0.05, 0) is 48.2 Å². The summed E-state index contributed by atoms with van der Waals surface area (Å²) in [4.78, 5) is 14.0. The van der Waals surface area contributed by atoms with E-state index in [-0.39, 0.29) is 0 Å². The fourth-order valence-electron chi connectivity index (χ4n) is 3.77. The second-order valence-electron chi connectivity index (χ2n) is 7.43. The molecule has 0 aliphatic carbocycles. The van der Waals surface area contributed by atoms with E-state index in [0.717, 1.165) is 62.6 Å². The number of hydrogen-bond acceptors (Lipinski definition) is 4. The van der Waals surface area contributed by atoms with Gasteiger partial charge in [0.05, 0.1) is 6.54 Å². The van der Waals surface area contributed by atoms with E-state index in [1.807, 2.05) is 12.3 Å². The molecule has 6 heteroatoms. The van der Waals surface area contributed by atoms with Crippen molar-refractivity contribution in [2.75, 3.05) is 42.9 Å². The second kappa shape index (κ2) is 10.3. The summed E-state index contributed by atoms with van der Waals surface area (Å²) < 4.78 is 0. The highest BCUT2D eigenvalue weighted by Crippen LogP contribution is 2.22. The highest BCUT2D eigenvalue weighted by atomic mass is 15.3. The molecule has 0 atom stereocenters. The number of para-hydroxylation sites is 1. The van der Waals surface area contributed by atoms with Crippen LogP contribution in [0.25, 0.3) is 0 Å². The summed E-state index contributed by atoms with van der Waals surface area (Å²) in [6.45, 7) is 12.4. The molecule has 2 heterocycles. The van der Waals surface area contributed by atoms with E-state index in [9.17, 15) is 0 Å². The van der Waals surface area contributed by atoms with Crippen LogP contribution in [0.3, 0.4) is 0 Å². The van der Waals surface area contributed by atoms with Crippen molar-refractivity contribution in [3.05, 3.63) is 53.2 Å². The van der Waals surface area contributed by atoms with Crippen LogP contribution in [0.1, 0.15) is 37.5 Å². The lowest BCUT2D eigenvalue weighted by atomic mass is 10.0.